The van der Waals surface area contributed by atoms with Gasteiger partial charge in [-0.25, -0.2) is 0 Å². The van der Waals surface area contributed by atoms with Gasteiger partial charge >= 0.3 is 0 Å². The lowest BCUT2D eigenvalue weighted by molar-refractivity contribution is 0.243. The van der Waals surface area contributed by atoms with E-state index in [9.17, 15) is 5.11 Å². The Kier molecular flexibility index (Phi) is 5.07. The molecule has 1 atom stereocenters. The van der Waals surface area contributed by atoms with E-state index >= 15 is 0 Å². The van der Waals surface area contributed by atoms with Crippen LogP contribution in [0.3, 0.4) is 0 Å². The van der Waals surface area contributed by atoms with Gasteiger partial charge in [-0.3, -0.25) is 4.98 Å². The van der Waals surface area contributed by atoms with Crippen LogP contribution in [0.1, 0.15) is 29.7 Å². The molecule has 0 aliphatic rings. The van der Waals surface area contributed by atoms with Crippen LogP contribution in [0.4, 0.5) is 0 Å². The van der Waals surface area contributed by atoms with Gasteiger partial charge in [0.05, 0.1) is 12.6 Å². The number of hydrogen-bond acceptors (Lipinski definition) is 3. The second kappa shape index (κ2) is 7.02. The molecule has 0 fully saturated rings. The van der Waals surface area contributed by atoms with E-state index in [1.807, 2.05) is 12.1 Å². The monoisotopic (exact) mass is 256 g/mol. The van der Waals surface area contributed by atoms with Gasteiger partial charge in [0.1, 0.15) is 0 Å². The Morgan fingerprint density at radius 2 is 1.74 bits per heavy atom. The predicted octanol–water partition coefficient (Wildman–Crippen LogP) is 2.47. The van der Waals surface area contributed by atoms with Crippen molar-refractivity contribution in [2.45, 2.75) is 25.9 Å². The highest BCUT2D eigenvalue weighted by Gasteiger charge is 2.09. The number of aliphatic hydroxyl groups is 1. The summed E-state index contributed by atoms with van der Waals surface area (Å²) in [7, 11) is 0. The van der Waals surface area contributed by atoms with E-state index in [-0.39, 0.29) is 12.6 Å². The summed E-state index contributed by atoms with van der Waals surface area (Å²) >= 11 is 0. The molecule has 1 heterocycles. The van der Waals surface area contributed by atoms with Crippen LogP contribution >= 0.6 is 0 Å². The van der Waals surface area contributed by atoms with Crippen LogP contribution in [0.2, 0.25) is 0 Å². The summed E-state index contributed by atoms with van der Waals surface area (Å²) in [4.78, 5) is 3.99. The van der Waals surface area contributed by atoms with Gasteiger partial charge in [-0.2, -0.15) is 0 Å². The van der Waals surface area contributed by atoms with Crippen LogP contribution in [0, 0.1) is 0 Å². The van der Waals surface area contributed by atoms with Crippen molar-refractivity contribution < 1.29 is 5.11 Å². The molecule has 0 amide bonds. The Balaban J connectivity index is 1.99. The van der Waals surface area contributed by atoms with Crippen LogP contribution in [-0.2, 0) is 13.0 Å². The first-order chi connectivity index (χ1) is 9.33. The summed E-state index contributed by atoms with van der Waals surface area (Å²) in [5.74, 6) is 0. The third kappa shape index (κ3) is 3.88. The number of nitrogens with zero attached hydrogens (tertiary/aromatic N) is 1. The molecule has 1 aromatic carbocycles. The lowest BCUT2D eigenvalue weighted by Crippen LogP contribution is -2.24. The van der Waals surface area contributed by atoms with E-state index in [1.54, 1.807) is 12.4 Å². The SMILES string of the molecule is CCc1ccc(C(CO)NCc2ccncc2)cc1. The lowest BCUT2D eigenvalue weighted by atomic mass is 10.0. The van der Waals surface area contributed by atoms with Crippen molar-refractivity contribution in [2.75, 3.05) is 6.61 Å². The van der Waals surface area contributed by atoms with Gasteiger partial charge in [0.2, 0.25) is 0 Å². The fourth-order valence-corrected chi connectivity index (χ4v) is 2.02. The maximum atomic E-state index is 9.51. The first kappa shape index (κ1) is 13.7. The average Bonchev–Trinajstić information content (AvgIpc) is 2.49. The second-order valence-electron chi connectivity index (χ2n) is 4.57. The van der Waals surface area contributed by atoms with Crippen LogP contribution in [0.25, 0.3) is 0 Å². The van der Waals surface area contributed by atoms with Crippen molar-refractivity contribution in [1.82, 2.24) is 10.3 Å². The van der Waals surface area contributed by atoms with E-state index in [4.69, 9.17) is 0 Å². The van der Waals surface area contributed by atoms with E-state index in [2.05, 4.69) is 41.5 Å². The molecule has 0 saturated carbocycles. The first-order valence-electron chi connectivity index (χ1n) is 6.65. The van der Waals surface area contributed by atoms with Crippen molar-refractivity contribution in [3.05, 3.63) is 65.5 Å². The van der Waals surface area contributed by atoms with Crippen molar-refractivity contribution in [3.63, 3.8) is 0 Å². The fourth-order valence-electron chi connectivity index (χ4n) is 2.02. The van der Waals surface area contributed by atoms with Gasteiger partial charge in [0.15, 0.2) is 0 Å². The van der Waals surface area contributed by atoms with Crippen molar-refractivity contribution in [2.24, 2.45) is 0 Å². The van der Waals surface area contributed by atoms with Gasteiger partial charge in [-0.05, 0) is 35.2 Å². The zero-order valence-corrected chi connectivity index (χ0v) is 11.2. The maximum Gasteiger partial charge on any atom is 0.0626 e. The number of hydrogen-bond donors (Lipinski definition) is 2. The molecule has 2 rings (SSSR count). The minimum atomic E-state index is -0.0286. The Bertz CT molecular complexity index is 482. The largest absolute Gasteiger partial charge is 0.394 e. The summed E-state index contributed by atoms with van der Waals surface area (Å²) in [6.45, 7) is 2.96. The van der Waals surface area contributed by atoms with Gasteiger partial charge in [-0.15, -0.1) is 0 Å². The van der Waals surface area contributed by atoms with Crippen molar-refractivity contribution in [1.29, 1.82) is 0 Å². The first-order valence-corrected chi connectivity index (χ1v) is 6.65. The second-order valence-corrected chi connectivity index (χ2v) is 4.57. The normalized spacial score (nSPS) is 12.3. The summed E-state index contributed by atoms with van der Waals surface area (Å²) in [6, 6.07) is 12.3. The highest BCUT2D eigenvalue weighted by molar-refractivity contribution is 5.25. The number of aromatic nitrogens is 1. The number of nitrogens with one attached hydrogen (secondary N) is 1. The Labute approximate surface area is 114 Å². The topological polar surface area (TPSA) is 45.1 Å². The summed E-state index contributed by atoms with van der Waals surface area (Å²) in [5.41, 5.74) is 3.60. The Morgan fingerprint density at radius 1 is 1.05 bits per heavy atom. The van der Waals surface area contributed by atoms with Gasteiger partial charge < -0.3 is 10.4 Å². The number of aryl methyl sites for hydroxylation is 1. The van der Waals surface area contributed by atoms with Gasteiger partial charge in [0.25, 0.3) is 0 Å². The number of benzene rings is 1. The minimum absolute atomic E-state index is 0.0286. The third-order valence-electron chi connectivity index (χ3n) is 3.27. The van der Waals surface area contributed by atoms with Gasteiger partial charge in [0, 0.05) is 18.9 Å². The minimum Gasteiger partial charge on any atom is -0.394 e. The molecule has 0 aliphatic carbocycles. The molecule has 2 aromatic rings. The van der Waals surface area contributed by atoms with Crippen LogP contribution < -0.4 is 5.32 Å². The molecule has 0 radical (unpaired) electrons. The molecule has 0 bridgehead atoms. The summed E-state index contributed by atoms with van der Waals surface area (Å²) in [6.07, 6.45) is 4.59. The molecule has 1 aromatic heterocycles. The van der Waals surface area contributed by atoms with E-state index in [0.717, 1.165) is 18.5 Å². The number of pyridine rings is 1. The molecule has 100 valence electrons. The highest BCUT2D eigenvalue weighted by atomic mass is 16.3. The maximum absolute atomic E-state index is 9.51. The van der Waals surface area contributed by atoms with Gasteiger partial charge in [-0.1, -0.05) is 31.2 Å². The summed E-state index contributed by atoms with van der Waals surface area (Å²) < 4.78 is 0. The molecule has 0 spiro atoms. The summed E-state index contributed by atoms with van der Waals surface area (Å²) in [5, 5.41) is 12.9. The van der Waals surface area contributed by atoms with E-state index < -0.39 is 0 Å². The van der Waals surface area contributed by atoms with E-state index in [1.165, 1.54) is 11.1 Å². The molecular weight excluding hydrogens is 236 g/mol. The number of aliphatic hydroxyl groups excluding tert-OH is 1. The zero-order chi connectivity index (χ0) is 13.5. The quantitative estimate of drug-likeness (QED) is 0.834. The van der Waals surface area contributed by atoms with Crippen molar-refractivity contribution >= 4 is 0 Å². The molecule has 0 saturated heterocycles. The molecule has 1 unspecified atom stereocenters. The molecule has 2 N–H and O–H groups in total. The lowest BCUT2D eigenvalue weighted by Gasteiger charge is -2.17. The fraction of sp³-hybridized carbons (Fsp3) is 0.312. The van der Waals surface area contributed by atoms with E-state index in [0.29, 0.717) is 0 Å². The molecule has 0 aliphatic heterocycles. The third-order valence-corrected chi connectivity index (χ3v) is 3.27. The number of rotatable bonds is 6. The molecule has 3 heteroatoms. The predicted molar refractivity (Wildman–Crippen MR) is 76.7 cm³/mol. The van der Waals surface area contributed by atoms with Crippen LogP contribution in [-0.4, -0.2) is 16.7 Å². The average molecular weight is 256 g/mol. The molecule has 19 heavy (non-hydrogen) atoms. The zero-order valence-electron chi connectivity index (χ0n) is 11.2. The molecular formula is C16H20N2O. The Hall–Kier alpha value is -1.71. The standard InChI is InChI=1S/C16H20N2O/c1-2-13-3-5-15(6-4-13)16(12-19)18-11-14-7-9-17-10-8-14/h3-10,16,18-19H,2,11-12H2,1H3. The van der Waals surface area contributed by atoms with Crippen LogP contribution in [0.5, 0.6) is 0 Å². The van der Waals surface area contributed by atoms with Crippen LogP contribution in [0.15, 0.2) is 48.8 Å². The molecule has 3 nitrogen and oxygen atoms in total. The highest BCUT2D eigenvalue weighted by Crippen LogP contribution is 2.14. The Morgan fingerprint density at radius 3 is 2.32 bits per heavy atom. The van der Waals surface area contributed by atoms with Crippen molar-refractivity contribution in [3.8, 4) is 0 Å². The smallest absolute Gasteiger partial charge is 0.0626 e.